The third-order valence-corrected chi connectivity index (χ3v) is 3.94. The number of carbonyl (C=O) groups excluding carboxylic acids is 2. The zero-order valence-electron chi connectivity index (χ0n) is 14.8. The zero-order valence-corrected chi connectivity index (χ0v) is 14.8. The summed E-state index contributed by atoms with van der Waals surface area (Å²) in [6, 6.07) is 12.4. The molecule has 27 heavy (non-hydrogen) atoms. The van der Waals surface area contributed by atoms with Gasteiger partial charge in [-0.2, -0.15) is 0 Å². The quantitative estimate of drug-likeness (QED) is 0.611. The molecule has 0 aliphatic carbocycles. The van der Waals surface area contributed by atoms with Crippen LogP contribution in [0.3, 0.4) is 0 Å². The number of aromatic hydroxyl groups is 2. The van der Waals surface area contributed by atoms with Crippen molar-refractivity contribution in [2.75, 3.05) is 10.6 Å². The fourth-order valence-electron chi connectivity index (χ4n) is 2.71. The van der Waals surface area contributed by atoms with Crippen molar-refractivity contribution in [1.29, 1.82) is 0 Å². The molecule has 142 valence electrons. The van der Waals surface area contributed by atoms with E-state index in [0.717, 1.165) is 0 Å². The van der Waals surface area contributed by atoms with Crippen molar-refractivity contribution in [2.45, 2.75) is 31.8 Å². The fourth-order valence-corrected chi connectivity index (χ4v) is 2.71. The lowest BCUT2D eigenvalue weighted by molar-refractivity contribution is -0.156. The third kappa shape index (κ3) is 4.18. The van der Waals surface area contributed by atoms with E-state index < -0.39 is 29.8 Å². The van der Waals surface area contributed by atoms with Crippen LogP contribution < -0.4 is 10.6 Å². The van der Waals surface area contributed by atoms with E-state index >= 15 is 0 Å². The number of benzene rings is 2. The van der Waals surface area contributed by atoms with Gasteiger partial charge in [-0.05, 0) is 38.1 Å². The summed E-state index contributed by atoms with van der Waals surface area (Å²) in [6.45, 7) is 3.17. The maximum absolute atomic E-state index is 12.6. The number of hydrogen-bond donors (Lipinski definition) is 4. The van der Waals surface area contributed by atoms with E-state index in [1.54, 1.807) is 38.1 Å². The van der Waals surface area contributed by atoms with Gasteiger partial charge in [0.2, 0.25) is 0 Å². The van der Waals surface area contributed by atoms with E-state index in [4.69, 9.17) is 9.47 Å². The first-order chi connectivity index (χ1) is 12.8. The van der Waals surface area contributed by atoms with Crippen LogP contribution in [0.4, 0.5) is 11.4 Å². The Labute approximate surface area is 155 Å². The highest BCUT2D eigenvalue weighted by molar-refractivity contribution is 6.03. The Kier molecular flexibility index (Phi) is 5.02. The van der Waals surface area contributed by atoms with Crippen molar-refractivity contribution >= 4 is 23.2 Å². The number of hydrogen-bond acceptors (Lipinski definition) is 6. The van der Waals surface area contributed by atoms with Crippen LogP contribution in [0.15, 0.2) is 48.5 Å². The van der Waals surface area contributed by atoms with Gasteiger partial charge < -0.3 is 30.3 Å². The van der Waals surface area contributed by atoms with Crippen LogP contribution in [0.5, 0.6) is 11.5 Å². The summed E-state index contributed by atoms with van der Waals surface area (Å²) in [5, 5.41) is 24.7. The number of carbonyl (C=O) groups is 2. The van der Waals surface area contributed by atoms with Gasteiger partial charge in [0.15, 0.2) is 18.0 Å². The molecule has 0 unspecified atom stereocenters. The van der Waals surface area contributed by atoms with Crippen molar-refractivity contribution in [3.63, 3.8) is 0 Å². The summed E-state index contributed by atoms with van der Waals surface area (Å²) < 4.78 is 11.2. The Morgan fingerprint density at radius 2 is 1.19 bits per heavy atom. The Hall–Kier alpha value is -3.10. The predicted octanol–water partition coefficient (Wildman–Crippen LogP) is 2.20. The summed E-state index contributed by atoms with van der Waals surface area (Å²) in [6.07, 6.45) is -2.49. The SMILES string of the molecule is CC1(C)O[C@H](C(=O)Nc2ccccc2O)[C@@H](C(=O)Nc2ccccc2O)O1. The van der Waals surface area contributed by atoms with Crippen LogP contribution in [0, 0.1) is 0 Å². The highest BCUT2D eigenvalue weighted by atomic mass is 16.8. The lowest BCUT2D eigenvalue weighted by atomic mass is 10.1. The topological polar surface area (TPSA) is 117 Å². The minimum absolute atomic E-state index is 0.112. The second-order valence-electron chi connectivity index (χ2n) is 6.49. The Bertz CT molecular complexity index is 797. The Balaban J connectivity index is 1.78. The third-order valence-electron chi connectivity index (χ3n) is 3.94. The number of phenolic OH excluding ortho intramolecular Hbond substituents is 2. The van der Waals surface area contributed by atoms with Crippen LogP contribution in [-0.4, -0.2) is 40.0 Å². The standard InChI is InChI=1S/C19H20N2O6/c1-19(2)26-15(17(24)20-11-7-3-5-9-13(11)22)16(27-19)18(25)21-12-8-4-6-10-14(12)23/h3-10,15-16,22-23H,1-2H3,(H,20,24)(H,21,25)/t15-,16-/m0/s1. The molecule has 1 fully saturated rings. The molecular weight excluding hydrogens is 352 g/mol. The monoisotopic (exact) mass is 372 g/mol. The molecule has 2 atom stereocenters. The van der Waals surface area contributed by atoms with Crippen LogP contribution in [0.25, 0.3) is 0 Å². The molecule has 0 bridgehead atoms. The number of rotatable bonds is 4. The van der Waals surface area contributed by atoms with Crippen LogP contribution in [-0.2, 0) is 19.1 Å². The van der Waals surface area contributed by atoms with Crippen LogP contribution in [0.2, 0.25) is 0 Å². The maximum atomic E-state index is 12.6. The molecule has 0 saturated carbocycles. The van der Waals surface area contributed by atoms with Gasteiger partial charge in [-0.1, -0.05) is 24.3 Å². The molecule has 0 aromatic heterocycles. The van der Waals surface area contributed by atoms with Gasteiger partial charge in [0.25, 0.3) is 11.8 Å². The second kappa shape index (κ2) is 7.26. The van der Waals surface area contributed by atoms with E-state index in [-0.39, 0.29) is 22.9 Å². The minimum Gasteiger partial charge on any atom is -0.506 e. The summed E-state index contributed by atoms with van der Waals surface area (Å²) in [7, 11) is 0. The fraction of sp³-hybridized carbons (Fsp3) is 0.263. The van der Waals surface area contributed by atoms with Crippen molar-refractivity contribution in [3.05, 3.63) is 48.5 Å². The number of phenols is 2. The molecule has 1 aliphatic heterocycles. The molecule has 2 aromatic carbocycles. The maximum Gasteiger partial charge on any atom is 0.257 e. The van der Waals surface area contributed by atoms with E-state index in [1.807, 2.05) is 0 Å². The summed E-state index contributed by atoms with van der Waals surface area (Å²) in [5.74, 6) is -2.67. The minimum atomic E-state index is -1.24. The Morgan fingerprint density at radius 3 is 1.56 bits per heavy atom. The summed E-state index contributed by atoms with van der Waals surface area (Å²) >= 11 is 0. The molecule has 4 N–H and O–H groups in total. The van der Waals surface area contributed by atoms with Crippen molar-refractivity contribution < 1.29 is 29.3 Å². The molecule has 2 amide bonds. The molecule has 8 heteroatoms. The van der Waals surface area contributed by atoms with E-state index in [1.165, 1.54) is 24.3 Å². The molecule has 0 radical (unpaired) electrons. The average molecular weight is 372 g/mol. The number of anilines is 2. The molecule has 3 rings (SSSR count). The number of para-hydroxylation sites is 4. The highest BCUT2D eigenvalue weighted by Gasteiger charge is 2.49. The molecule has 8 nitrogen and oxygen atoms in total. The number of nitrogens with one attached hydrogen (secondary N) is 2. The lowest BCUT2D eigenvalue weighted by Crippen LogP contribution is -2.43. The average Bonchev–Trinajstić information content (AvgIpc) is 2.95. The van der Waals surface area contributed by atoms with Gasteiger partial charge in [-0.3, -0.25) is 9.59 Å². The molecule has 1 saturated heterocycles. The van der Waals surface area contributed by atoms with Gasteiger partial charge in [0, 0.05) is 0 Å². The lowest BCUT2D eigenvalue weighted by Gasteiger charge is -2.17. The molecular formula is C19H20N2O6. The van der Waals surface area contributed by atoms with Gasteiger partial charge in [-0.25, -0.2) is 0 Å². The van der Waals surface area contributed by atoms with Crippen molar-refractivity contribution in [2.24, 2.45) is 0 Å². The molecule has 1 aliphatic rings. The normalized spacial score (nSPS) is 20.8. The molecule has 1 heterocycles. The van der Waals surface area contributed by atoms with Crippen LogP contribution >= 0.6 is 0 Å². The number of ether oxygens (including phenoxy) is 2. The second-order valence-corrected chi connectivity index (χ2v) is 6.49. The van der Waals surface area contributed by atoms with E-state index in [2.05, 4.69) is 10.6 Å². The first-order valence-electron chi connectivity index (χ1n) is 8.30. The summed E-state index contributed by atoms with van der Waals surface area (Å²) in [4.78, 5) is 25.3. The van der Waals surface area contributed by atoms with Gasteiger partial charge in [0.1, 0.15) is 11.5 Å². The largest absolute Gasteiger partial charge is 0.506 e. The van der Waals surface area contributed by atoms with Gasteiger partial charge in [-0.15, -0.1) is 0 Å². The van der Waals surface area contributed by atoms with Crippen LogP contribution in [0.1, 0.15) is 13.8 Å². The van der Waals surface area contributed by atoms with Gasteiger partial charge >= 0.3 is 0 Å². The van der Waals surface area contributed by atoms with E-state index in [0.29, 0.717) is 0 Å². The molecule has 2 aromatic rings. The highest BCUT2D eigenvalue weighted by Crippen LogP contribution is 2.31. The smallest absolute Gasteiger partial charge is 0.257 e. The van der Waals surface area contributed by atoms with Crippen molar-refractivity contribution in [1.82, 2.24) is 0 Å². The first kappa shape index (κ1) is 18.7. The zero-order chi connectivity index (χ0) is 19.6. The summed E-state index contributed by atoms with van der Waals surface area (Å²) in [5.41, 5.74) is 0.381. The van der Waals surface area contributed by atoms with Gasteiger partial charge in [0.05, 0.1) is 11.4 Å². The predicted molar refractivity (Wildman–Crippen MR) is 97.3 cm³/mol. The number of amides is 2. The van der Waals surface area contributed by atoms with E-state index in [9.17, 15) is 19.8 Å². The van der Waals surface area contributed by atoms with Crippen molar-refractivity contribution in [3.8, 4) is 11.5 Å². The first-order valence-corrected chi connectivity index (χ1v) is 8.30. The molecule has 0 spiro atoms. The Morgan fingerprint density at radius 1 is 0.815 bits per heavy atom.